The van der Waals surface area contributed by atoms with Crippen LogP contribution in [-0.4, -0.2) is 51.9 Å². The van der Waals surface area contributed by atoms with Crippen molar-refractivity contribution in [2.45, 2.75) is 58.2 Å². The average Bonchev–Trinajstić information content (AvgIpc) is 3.06. The van der Waals surface area contributed by atoms with Crippen molar-refractivity contribution < 1.29 is 4.79 Å². The molecule has 5 rings (SSSR count). The average molecular weight is 364 g/mol. The summed E-state index contributed by atoms with van der Waals surface area (Å²) in [5.41, 5.74) is 5.32. The van der Waals surface area contributed by atoms with Crippen LogP contribution in [0.1, 0.15) is 44.7 Å². The monoisotopic (exact) mass is 363 g/mol. The van der Waals surface area contributed by atoms with Crippen molar-refractivity contribution in [3.63, 3.8) is 0 Å². The fourth-order valence-electron chi connectivity index (χ4n) is 5.66. The summed E-state index contributed by atoms with van der Waals surface area (Å²) >= 11 is 0. The van der Waals surface area contributed by atoms with E-state index < -0.39 is 0 Å². The number of fused-ring (bicyclic) bond motifs is 2. The molecule has 0 spiro atoms. The van der Waals surface area contributed by atoms with Gasteiger partial charge in [0, 0.05) is 41.8 Å². The van der Waals surface area contributed by atoms with Crippen molar-refractivity contribution in [3.05, 3.63) is 41.6 Å². The Hall–Kier alpha value is -2.07. The van der Waals surface area contributed by atoms with Gasteiger partial charge in [-0.2, -0.15) is 0 Å². The highest BCUT2D eigenvalue weighted by atomic mass is 16.2. The molecule has 27 heavy (non-hydrogen) atoms. The minimum Gasteiger partial charge on any atom is -0.361 e. The molecule has 1 fully saturated rings. The minimum absolute atomic E-state index is 0.0243. The summed E-state index contributed by atoms with van der Waals surface area (Å²) in [5.74, 6) is 0.295. The lowest BCUT2D eigenvalue weighted by molar-refractivity contribution is -0.146. The number of hydrogen-bond acceptors (Lipinski definition) is 2. The van der Waals surface area contributed by atoms with E-state index in [2.05, 4.69) is 66.0 Å². The molecule has 0 radical (unpaired) electrons. The molecule has 4 nitrogen and oxygen atoms in total. The smallest absolute Gasteiger partial charge is 0.231 e. The Balaban J connectivity index is 1.58. The summed E-state index contributed by atoms with van der Waals surface area (Å²) in [6, 6.07) is 7.69. The topological polar surface area (TPSA) is 39.3 Å². The van der Waals surface area contributed by atoms with Gasteiger partial charge in [0.05, 0.1) is 5.92 Å². The predicted octanol–water partition coefficient (Wildman–Crippen LogP) is 3.83. The molecule has 2 aromatic rings. The van der Waals surface area contributed by atoms with Crippen molar-refractivity contribution in [1.29, 1.82) is 0 Å². The van der Waals surface area contributed by atoms with Crippen LogP contribution in [-0.2, 0) is 11.2 Å². The number of aromatic amines is 1. The molecule has 1 amide bonds. The Bertz CT molecular complexity index is 919. The second-order valence-corrected chi connectivity index (χ2v) is 8.66. The number of carbonyl (C=O) groups is 1. The summed E-state index contributed by atoms with van der Waals surface area (Å²) in [4.78, 5) is 21.4. The molecule has 2 aliphatic heterocycles. The molecule has 1 aromatic carbocycles. The zero-order valence-electron chi connectivity index (χ0n) is 16.5. The first-order valence-corrected chi connectivity index (χ1v) is 10.5. The van der Waals surface area contributed by atoms with Crippen molar-refractivity contribution in [1.82, 2.24) is 14.8 Å². The molecule has 0 bridgehead atoms. The first kappa shape index (κ1) is 17.1. The SMILES string of the molecule is CCCN1C[C@H](C(=O)N2[C@@H](C)C[C@@H]2C)C=C2c3cccc4[nH]cc(c34)C[C@H]21. The number of nitrogens with one attached hydrogen (secondary N) is 1. The first-order valence-electron chi connectivity index (χ1n) is 10.5. The Kier molecular flexibility index (Phi) is 3.94. The van der Waals surface area contributed by atoms with Crippen LogP contribution in [0.2, 0.25) is 0 Å². The number of benzene rings is 1. The molecule has 1 saturated heterocycles. The van der Waals surface area contributed by atoms with Gasteiger partial charge in [0.2, 0.25) is 5.91 Å². The van der Waals surface area contributed by atoms with Crippen LogP contribution in [0.3, 0.4) is 0 Å². The van der Waals surface area contributed by atoms with Gasteiger partial charge >= 0.3 is 0 Å². The summed E-state index contributed by atoms with van der Waals surface area (Å²) in [6.07, 6.45) is 7.77. The number of hydrogen-bond donors (Lipinski definition) is 1. The highest BCUT2D eigenvalue weighted by Gasteiger charge is 2.42. The highest BCUT2D eigenvalue weighted by molar-refractivity contribution is 5.99. The van der Waals surface area contributed by atoms with Crippen molar-refractivity contribution in [3.8, 4) is 0 Å². The maximum absolute atomic E-state index is 13.3. The van der Waals surface area contributed by atoms with Crippen molar-refractivity contribution in [2.75, 3.05) is 13.1 Å². The summed E-state index contributed by atoms with van der Waals surface area (Å²) in [6.45, 7) is 8.49. The van der Waals surface area contributed by atoms with E-state index in [1.165, 1.54) is 27.6 Å². The number of nitrogens with zero attached hydrogens (tertiary/aromatic N) is 2. The maximum atomic E-state index is 13.3. The van der Waals surface area contributed by atoms with Gasteiger partial charge in [-0.1, -0.05) is 25.1 Å². The Labute approximate surface area is 161 Å². The Morgan fingerprint density at radius 1 is 1.26 bits per heavy atom. The molecule has 0 unspecified atom stereocenters. The van der Waals surface area contributed by atoms with Crippen LogP contribution in [0.25, 0.3) is 16.5 Å². The van der Waals surface area contributed by atoms with Crippen LogP contribution in [0, 0.1) is 5.92 Å². The van der Waals surface area contributed by atoms with Gasteiger partial charge < -0.3 is 9.88 Å². The molecule has 1 N–H and O–H groups in total. The predicted molar refractivity (Wildman–Crippen MR) is 110 cm³/mol. The van der Waals surface area contributed by atoms with E-state index >= 15 is 0 Å². The van der Waals surface area contributed by atoms with E-state index in [0.29, 0.717) is 24.0 Å². The number of aromatic nitrogens is 1. The summed E-state index contributed by atoms with van der Waals surface area (Å²) in [7, 11) is 0. The molecular weight excluding hydrogens is 334 g/mol. The third-order valence-corrected chi connectivity index (χ3v) is 6.84. The largest absolute Gasteiger partial charge is 0.361 e. The Morgan fingerprint density at radius 2 is 2.07 bits per heavy atom. The van der Waals surface area contributed by atoms with E-state index in [1.54, 1.807) is 0 Å². The van der Waals surface area contributed by atoms with Crippen LogP contribution in [0.4, 0.5) is 0 Å². The number of likely N-dealkylation sites (tertiary alicyclic amines) is 1. The minimum atomic E-state index is -0.0243. The van der Waals surface area contributed by atoms with E-state index in [0.717, 1.165) is 32.4 Å². The van der Waals surface area contributed by atoms with E-state index in [4.69, 9.17) is 0 Å². The molecular formula is C23H29N3O. The molecule has 4 atom stereocenters. The fraction of sp³-hybridized carbons (Fsp3) is 0.522. The van der Waals surface area contributed by atoms with Gasteiger partial charge in [-0.15, -0.1) is 0 Å². The Morgan fingerprint density at radius 3 is 2.81 bits per heavy atom. The molecule has 4 heteroatoms. The maximum Gasteiger partial charge on any atom is 0.231 e. The van der Waals surface area contributed by atoms with Crippen LogP contribution < -0.4 is 0 Å². The molecule has 3 heterocycles. The van der Waals surface area contributed by atoms with Gasteiger partial charge in [-0.3, -0.25) is 9.69 Å². The van der Waals surface area contributed by atoms with Gasteiger partial charge in [0.1, 0.15) is 0 Å². The lowest BCUT2D eigenvalue weighted by Crippen LogP contribution is -2.59. The standard InChI is InChI=1S/C23H29N3O/c1-4-8-25-13-17(23(27)26-14(2)9-15(26)3)10-19-18-6-5-7-20-22(18)16(12-24-20)11-21(19)25/h5-7,10,12,14-15,17,21,24H,4,8-9,11,13H2,1-3H3/t14-,15-,17+,21+/m0/s1. The van der Waals surface area contributed by atoms with Crippen molar-refractivity contribution >= 4 is 22.4 Å². The second-order valence-electron chi connectivity index (χ2n) is 8.66. The molecule has 0 saturated carbocycles. The third-order valence-electron chi connectivity index (χ3n) is 6.84. The van der Waals surface area contributed by atoms with Gasteiger partial charge in [0.15, 0.2) is 0 Å². The molecule has 1 aliphatic carbocycles. The van der Waals surface area contributed by atoms with Crippen LogP contribution in [0.5, 0.6) is 0 Å². The normalized spacial score (nSPS) is 30.0. The quantitative estimate of drug-likeness (QED) is 0.900. The molecule has 142 valence electrons. The van der Waals surface area contributed by atoms with Gasteiger partial charge in [-0.05, 0) is 62.4 Å². The number of rotatable bonds is 3. The number of H-pyrrole nitrogens is 1. The summed E-state index contributed by atoms with van der Waals surface area (Å²) < 4.78 is 0. The molecule has 3 aliphatic rings. The second kappa shape index (κ2) is 6.23. The fourth-order valence-corrected chi connectivity index (χ4v) is 5.66. The number of carbonyl (C=O) groups excluding carboxylic acids is 1. The highest BCUT2D eigenvalue weighted by Crippen LogP contribution is 2.42. The van der Waals surface area contributed by atoms with E-state index in [9.17, 15) is 4.79 Å². The molecule has 1 aromatic heterocycles. The zero-order chi connectivity index (χ0) is 18.7. The van der Waals surface area contributed by atoms with Gasteiger partial charge in [-0.25, -0.2) is 0 Å². The van der Waals surface area contributed by atoms with E-state index in [1.807, 2.05) is 0 Å². The number of amides is 1. The van der Waals surface area contributed by atoms with Gasteiger partial charge in [0.25, 0.3) is 0 Å². The van der Waals surface area contributed by atoms with Crippen molar-refractivity contribution in [2.24, 2.45) is 5.92 Å². The van der Waals surface area contributed by atoms with Crippen LogP contribution >= 0.6 is 0 Å². The van der Waals surface area contributed by atoms with Crippen LogP contribution in [0.15, 0.2) is 30.5 Å². The lowest BCUT2D eigenvalue weighted by Gasteiger charge is -2.49. The van der Waals surface area contributed by atoms with E-state index in [-0.39, 0.29) is 5.92 Å². The zero-order valence-corrected chi connectivity index (χ0v) is 16.5. The lowest BCUT2D eigenvalue weighted by atomic mass is 9.79. The third kappa shape index (κ3) is 2.49. The summed E-state index contributed by atoms with van der Waals surface area (Å²) in [5, 5.41) is 1.36. The first-order chi connectivity index (χ1) is 13.1.